The largest absolute Gasteiger partial charge is 0.491 e. The zero-order valence-electron chi connectivity index (χ0n) is 11.7. The normalized spacial score (nSPS) is 30.8. The van der Waals surface area contributed by atoms with Gasteiger partial charge >= 0.3 is 0 Å². The Balaban J connectivity index is 1.74. The Kier molecular flexibility index (Phi) is 3.50. The molecule has 0 saturated carbocycles. The van der Waals surface area contributed by atoms with Crippen molar-refractivity contribution in [3.8, 4) is 5.75 Å². The number of rotatable bonds is 4. The number of benzene rings is 1. The lowest BCUT2D eigenvalue weighted by Crippen LogP contribution is -2.29. The summed E-state index contributed by atoms with van der Waals surface area (Å²) in [6.45, 7) is 4.08. The molecule has 3 rings (SSSR count). The van der Waals surface area contributed by atoms with Crippen LogP contribution in [0.15, 0.2) is 24.3 Å². The van der Waals surface area contributed by atoms with Crippen LogP contribution in [0.25, 0.3) is 0 Å². The van der Waals surface area contributed by atoms with Crippen LogP contribution in [-0.2, 0) is 4.74 Å². The van der Waals surface area contributed by atoms with Gasteiger partial charge in [-0.15, -0.1) is 0 Å². The van der Waals surface area contributed by atoms with Gasteiger partial charge in [-0.2, -0.15) is 0 Å². The summed E-state index contributed by atoms with van der Waals surface area (Å²) in [5.41, 5.74) is 7.62. The SMILES string of the molecule is CC(C)Oc1cccc(C(N)C2CC3CCC2O3)c1. The fourth-order valence-corrected chi connectivity index (χ4v) is 3.37. The maximum atomic E-state index is 6.45. The molecule has 3 nitrogen and oxygen atoms in total. The predicted molar refractivity (Wildman–Crippen MR) is 75.1 cm³/mol. The van der Waals surface area contributed by atoms with E-state index in [0.29, 0.717) is 18.1 Å². The first-order chi connectivity index (χ1) is 9.13. The molecule has 1 aromatic carbocycles. The van der Waals surface area contributed by atoms with Crippen molar-refractivity contribution in [3.05, 3.63) is 29.8 Å². The van der Waals surface area contributed by atoms with Crippen LogP contribution < -0.4 is 10.5 Å². The number of hydrogen-bond donors (Lipinski definition) is 1. The predicted octanol–water partition coefficient (Wildman–Crippen LogP) is 3.04. The second-order valence-electron chi connectivity index (χ2n) is 6.04. The summed E-state index contributed by atoms with van der Waals surface area (Å²) < 4.78 is 11.7. The molecule has 19 heavy (non-hydrogen) atoms. The molecule has 0 aromatic heterocycles. The molecule has 104 valence electrons. The summed E-state index contributed by atoms with van der Waals surface area (Å²) in [6, 6.07) is 8.26. The number of ether oxygens (including phenoxy) is 2. The molecule has 2 heterocycles. The molecule has 4 atom stereocenters. The third-order valence-corrected chi connectivity index (χ3v) is 4.23. The lowest BCUT2D eigenvalue weighted by atomic mass is 9.81. The van der Waals surface area contributed by atoms with Crippen molar-refractivity contribution >= 4 is 0 Å². The number of nitrogens with two attached hydrogens (primary N) is 1. The van der Waals surface area contributed by atoms with Crippen LogP contribution in [0.3, 0.4) is 0 Å². The van der Waals surface area contributed by atoms with Crippen molar-refractivity contribution in [3.63, 3.8) is 0 Å². The van der Waals surface area contributed by atoms with Gasteiger partial charge in [-0.25, -0.2) is 0 Å². The molecule has 3 heteroatoms. The molecule has 2 bridgehead atoms. The van der Waals surface area contributed by atoms with Crippen LogP contribution in [0.1, 0.15) is 44.7 Å². The highest BCUT2D eigenvalue weighted by Gasteiger charge is 2.43. The van der Waals surface area contributed by atoms with E-state index in [1.54, 1.807) is 0 Å². The Morgan fingerprint density at radius 2 is 2.16 bits per heavy atom. The number of fused-ring (bicyclic) bond motifs is 2. The topological polar surface area (TPSA) is 44.5 Å². The molecule has 2 aliphatic rings. The fourth-order valence-electron chi connectivity index (χ4n) is 3.37. The van der Waals surface area contributed by atoms with Gasteiger partial charge in [0.05, 0.1) is 18.3 Å². The van der Waals surface area contributed by atoms with E-state index < -0.39 is 0 Å². The van der Waals surface area contributed by atoms with Gasteiger partial charge in [-0.05, 0) is 50.8 Å². The van der Waals surface area contributed by atoms with Gasteiger partial charge < -0.3 is 15.2 Å². The second-order valence-corrected chi connectivity index (χ2v) is 6.04. The second kappa shape index (κ2) is 5.14. The molecule has 0 aliphatic carbocycles. The van der Waals surface area contributed by atoms with Gasteiger partial charge in [0.25, 0.3) is 0 Å². The molecule has 2 aliphatic heterocycles. The average molecular weight is 261 g/mol. The van der Waals surface area contributed by atoms with Gasteiger partial charge in [0, 0.05) is 12.0 Å². The first kappa shape index (κ1) is 12.9. The highest BCUT2D eigenvalue weighted by molar-refractivity contribution is 5.31. The van der Waals surface area contributed by atoms with Crippen molar-refractivity contribution < 1.29 is 9.47 Å². The minimum Gasteiger partial charge on any atom is -0.491 e. The van der Waals surface area contributed by atoms with E-state index >= 15 is 0 Å². The van der Waals surface area contributed by atoms with E-state index in [2.05, 4.69) is 12.1 Å². The summed E-state index contributed by atoms with van der Waals surface area (Å²) >= 11 is 0. The summed E-state index contributed by atoms with van der Waals surface area (Å²) in [5, 5.41) is 0. The van der Waals surface area contributed by atoms with E-state index in [4.69, 9.17) is 15.2 Å². The first-order valence-corrected chi connectivity index (χ1v) is 7.31. The molecular weight excluding hydrogens is 238 g/mol. The zero-order valence-corrected chi connectivity index (χ0v) is 11.7. The molecule has 2 fully saturated rings. The van der Waals surface area contributed by atoms with Crippen LogP contribution in [0, 0.1) is 5.92 Å². The summed E-state index contributed by atoms with van der Waals surface area (Å²) in [6.07, 6.45) is 4.51. The fraction of sp³-hybridized carbons (Fsp3) is 0.625. The van der Waals surface area contributed by atoms with Gasteiger partial charge in [0.2, 0.25) is 0 Å². The van der Waals surface area contributed by atoms with Crippen LogP contribution in [0.2, 0.25) is 0 Å². The van der Waals surface area contributed by atoms with E-state index in [1.165, 1.54) is 18.4 Å². The zero-order chi connectivity index (χ0) is 13.4. The lowest BCUT2D eigenvalue weighted by molar-refractivity contribution is 0.0884. The molecule has 0 spiro atoms. The molecule has 2 N–H and O–H groups in total. The number of hydrogen-bond acceptors (Lipinski definition) is 3. The first-order valence-electron chi connectivity index (χ1n) is 7.31. The van der Waals surface area contributed by atoms with Crippen LogP contribution in [-0.4, -0.2) is 18.3 Å². The maximum Gasteiger partial charge on any atom is 0.120 e. The summed E-state index contributed by atoms with van der Waals surface area (Å²) in [5.74, 6) is 1.38. The highest BCUT2D eigenvalue weighted by atomic mass is 16.5. The van der Waals surface area contributed by atoms with Gasteiger partial charge in [-0.3, -0.25) is 0 Å². The summed E-state index contributed by atoms with van der Waals surface area (Å²) in [4.78, 5) is 0. The monoisotopic (exact) mass is 261 g/mol. The van der Waals surface area contributed by atoms with Crippen molar-refractivity contribution in [2.75, 3.05) is 0 Å². The minimum absolute atomic E-state index is 0.0611. The standard InChI is InChI=1S/C16H23NO2/c1-10(2)18-12-5-3-4-11(8-12)16(17)14-9-13-6-7-15(14)19-13/h3-5,8,10,13-16H,6-7,9,17H2,1-2H3. The van der Waals surface area contributed by atoms with E-state index in [0.717, 1.165) is 12.2 Å². The van der Waals surface area contributed by atoms with Gasteiger partial charge in [0.1, 0.15) is 5.75 Å². The van der Waals surface area contributed by atoms with Crippen molar-refractivity contribution in [2.45, 2.75) is 57.5 Å². The Morgan fingerprint density at radius 1 is 1.32 bits per heavy atom. The van der Waals surface area contributed by atoms with Crippen LogP contribution in [0.4, 0.5) is 0 Å². The maximum absolute atomic E-state index is 6.45. The highest BCUT2D eigenvalue weighted by Crippen LogP contribution is 2.44. The molecule has 2 saturated heterocycles. The lowest BCUT2D eigenvalue weighted by Gasteiger charge is -2.26. The molecule has 0 amide bonds. The quantitative estimate of drug-likeness (QED) is 0.906. The molecule has 4 unspecified atom stereocenters. The minimum atomic E-state index is 0.0611. The van der Waals surface area contributed by atoms with E-state index in [9.17, 15) is 0 Å². The van der Waals surface area contributed by atoms with Crippen molar-refractivity contribution in [1.29, 1.82) is 0 Å². The molecule has 0 radical (unpaired) electrons. The van der Waals surface area contributed by atoms with Crippen molar-refractivity contribution in [1.82, 2.24) is 0 Å². The summed E-state index contributed by atoms with van der Waals surface area (Å²) in [7, 11) is 0. The Morgan fingerprint density at radius 3 is 2.79 bits per heavy atom. The Hall–Kier alpha value is -1.06. The van der Waals surface area contributed by atoms with E-state index in [-0.39, 0.29) is 12.1 Å². The molecule has 1 aromatic rings. The Labute approximate surface area is 115 Å². The third-order valence-electron chi connectivity index (χ3n) is 4.23. The Bertz CT molecular complexity index is 446. The van der Waals surface area contributed by atoms with E-state index in [1.807, 2.05) is 26.0 Å². The van der Waals surface area contributed by atoms with Gasteiger partial charge in [0.15, 0.2) is 0 Å². The van der Waals surface area contributed by atoms with Gasteiger partial charge in [-0.1, -0.05) is 12.1 Å². The average Bonchev–Trinajstić information content (AvgIpc) is 2.99. The smallest absolute Gasteiger partial charge is 0.120 e. The van der Waals surface area contributed by atoms with Crippen molar-refractivity contribution in [2.24, 2.45) is 11.7 Å². The van der Waals surface area contributed by atoms with Crippen LogP contribution >= 0.6 is 0 Å². The van der Waals surface area contributed by atoms with Crippen LogP contribution in [0.5, 0.6) is 5.75 Å². The third kappa shape index (κ3) is 2.63. The molecular formula is C16H23NO2.